The number of halogens is 1. The number of benzene rings is 2. The zero-order chi connectivity index (χ0) is 22.2. The molecular weight excluding hydrogens is 407 g/mol. The van der Waals surface area contributed by atoms with Crippen molar-refractivity contribution in [1.82, 2.24) is 18.9 Å². The van der Waals surface area contributed by atoms with Crippen LogP contribution < -0.4 is 4.74 Å². The van der Waals surface area contributed by atoms with E-state index in [4.69, 9.17) is 14.7 Å². The first-order chi connectivity index (χ1) is 15.6. The minimum atomic E-state index is -0.318. The van der Waals surface area contributed by atoms with Crippen LogP contribution >= 0.6 is 0 Å². The van der Waals surface area contributed by atoms with Gasteiger partial charge in [0, 0.05) is 18.5 Å². The molecule has 0 aliphatic heterocycles. The second-order valence-corrected chi connectivity index (χ2v) is 7.80. The number of carbonyl (C=O) groups excluding carboxylic acids is 1. The Morgan fingerprint density at radius 1 is 1.00 bits per heavy atom. The summed E-state index contributed by atoms with van der Waals surface area (Å²) in [4.78, 5) is 22.3. The zero-order valence-corrected chi connectivity index (χ0v) is 18.0. The highest BCUT2D eigenvalue weighted by atomic mass is 19.1. The summed E-state index contributed by atoms with van der Waals surface area (Å²) in [5.41, 5.74) is 3.85. The number of imidazole rings is 1. The van der Waals surface area contributed by atoms with E-state index in [0.717, 1.165) is 35.4 Å². The number of hydrogen-bond acceptors (Lipinski definition) is 4. The first-order valence-electron chi connectivity index (χ1n) is 10.9. The minimum absolute atomic E-state index is 0.308. The van der Waals surface area contributed by atoms with E-state index in [1.54, 1.807) is 18.3 Å². The Hall–Kier alpha value is -3.74. The smallest absolute Gasteiger partial charge is 0.311 e. The van der Waals surface area contributed by atoms with E-state index in [9.17, 15) is 9.18 Å². The van der Waals surface area contributed by atoms with Crippen LogP contribution in [0.4, 0.5) is 4.39 Å². The molecule has 0 amide bonds. The van der Waals surface area contributed by atoms with Crippen molar-refractivity contribution in [2.75, 3.05) is 0 Å². The van der Waals surface area contributed by atoms with Crippen LogP contribution in [-0.2, 0) is 11.2 Å². The number of ether oxygens (including phenoxy) is 1. The number of para-hydroxylation sites is 2. The molecule has 3 heterocycles. The molecule has 0 fully saturated rings. The first-order valence-corrected chi connectivity index (χ1v) is 10.9. The number of nitrogens with zero attached hydrogens (tertiary/aromatic N) is 4. The maximum Gasteiger partial charge on any atom is 0.311 e. The van der Waals surface area contributed by atoms with Gasteiger partial charge in [0.15, 0.2) is 17.0 Å². The van der Waals surface area contributed by atoms with Crippen molar-refractivity contribution < 1.29 is 13.9 Å². The number of rotatable bonds is 6. The van der Waals surface area contributed by atoms with Crippen molar-refractivity contribution >= 4 is 33.7 Å². The Labute approximate surface area is 184 Å². The molecule has 3 aromatic heterocycles. The maximum absolute atomic E-state index is 13.6. The summed E-state index contributed by atoms with van der Waals surface area (Å²) in [5, 5.41) is 0.662. The van der Waals surface area contributed by atoms with Gasteiger partial charge in [0.2, 0.25) is 0 Å². The van der Waals surface area contributed by atoms with Gasteiger partial charge in [-0.2, -0.15) is 0 Å². The van der Waals surface area contributed by atoms with Gasteiger partial charge in [0.25, 0.3) is 0 Å². The van der Waals surface area contributed by atoms with E-state index in [0.29, 0.717) is 35.3 Å². The summed E-state index contributed by atoms with van der Waals surface area (Å²) in [6.07, 6.45) is 4.42. The Morgan fingerprint density at radius 2 is 1.78 bits per heavy atom. The number of carbonyl (C=O) groups is 1. The summed E-state index contributed by atoms with van der Waals surface area (Å²) in [6.45, 7) is 4.04. The third-order valence-electron chi connectivity index (χ3n) is 5.48. The van der Waals surface area contributed by atoms with Gasteiger partial charge in [-0.25, -0.2) is 14.4 Å². The number of aromatic nitrogens is 4. The molecule has 0 radical (unpaired) electrons. The number of hydrogen-bond donors (Lipinski definition) is 0. The van der Waals surface area contributed by atoms with Gasteiger partial charge in [0.05, 0.1) is 17.2 Å². The van der Waals surface area contributed by atoms with E-state index in [1.807, 2.05) is 40.2 Å². The molecule has 0 aliphatic rings. The molecule has 0 spiro atoms. The molecule has 162 valence electrons. The van der Waals surface area contributed by atoms with E-state index >= 15 is 0 Å². The highest BCUT2D eigenvalue weighted by molar-refractivity contribution is 6.01. The lowest BCUT2D eigenvalue weighted by Gasteiger charge is -2.09. The van der Waals surface area contributed by atoms with Crippen LogP contribution in [0.1, 0.15) is 38.9 Å². The molecule has 0 N–H and O–H groups in total. The Bertz CT molecular complexity index is 1450. The first kappa shape index (κ1) is 20.2. The normalized spacial score (nSPS) is 11.6. The molecule has 0 bridgehead atoms. The van der Waals surface area contributed by atoms with E-state index < -0.39 is 0 Å². The average molecular weight is 430 g/mol. The highest BCUT2D eigenvalue weighted by Gasteiger charge is 2.22. The van der Waals surface area contributed by atoms with Crippen LogP contribution in [0.25, 0.3) is 33.4 Å². The molecule has 0 aliphatic carbocycles. The van der Waals surface area contributed by atoms with Crippen LogP contribution in [0.2, 0.25) is 0 Å². The maximum atomic E-state index is 13.6. The van der Waals surface area contributed by atoms with E-state index in [2.05, 4.69) is 6.92 Å². The number of aryl methyl sites for hydroxylation is 1. The summed E-state index contributed by atoms with van der Waals surface area (Å²) in [5.74, 6) is 0.647. The van der Waals surface area contributed by atoms with E-state index in [-0.39, 0.29) is 11.8 Å². The molecule has 5 aromatic rings. The van der Waals surface area contributed by atoms with Gasteiger partial charge in [-0.3, -0.25) is 13.8 Å². The molecule has 2 aromatic carbocycles. The van der Waals surface area contributed by atoms with Crippen LogP contribution in [0.5, 0.6) is 5.75 Å². The third-order valence-corrected chi connectivity index (χ3v) is 5.48. The summed E-state index contributed by atoms with van der Waals surface area (Å²) < 4.78 is 23.2. The predicted octanol–water partition coefficient (Wildman–Crippen LogP) is 5.62. The largest absolute Gasteiger partial charge is 0.424 e. The van der Waals surface area contributed by atoms with Crippen LogP contribution in [-0.4, -0.2) is 24.9 Å². The molecule has 0 saturated heterocycles. The van der Waals surface area contributed by atoms with Crippen LogP contribution in [0.3, 0.4) is 0 Å². The van der Waals surface area contributed by atoms with Gasteiger partial charge in [-0.1, -0.05) is 26.0 Å². The quantitative estimate of drug-likeness (QED) is 0.328. The topological polar surface area (TPSA) is 61.4 Å². The molecule has 0 saturated carbocycles. The number of esters is 1. The van der Waals surface area contributed by atoms with Gasteiger partial charge < -0.3 is 4.74 Å². The summed E-state index contributed by atoms with van der Waals surface area (Å²) >= 11 is 0. The fourth-order valence-electron chi connectivity index (χ4n) is 4.07. The predicted molar refractivity (Wildman–Crippen MR) is 122 cm³/mol. The van der Waals surface area contributed by atoms with Crippen molar-refractivity contribution in [3.8, 4) is 11.4 Å². The van der Waals surface area contributed by atoms with Crippen molar-refractivity contribution in [2.45, 2.75) is 39.5 Å². The van der Waals surface area contributed by atoms with Crippen LogP contribution in [0, 0.1) is 5.82 Å². The lowest BCUT2D eigenvalue weighted by molar-refractivity contribution is -0.134. The molecular formula is C25H23FN4O2. The van der Waals surface area contributed by atoms with Crippen molar-refractivity contribution in [2.24, 2.45) is 0 Å². The van der Waals surface area contributed by atoms with Gasteiger partial charge in [0.1, 0.15) is 17.0 Å². The van der Waals surface area contributed by atoms with Gasteiger partial charge >= 0.3 is 5.97 Å². The summed E-state index contributed by atoms with van der Waals surface area (Å²) in [7, 11) is 0. The standard InChI is InChI=1S/C25H23FN4O2/c1-3-7-21-28-24-23(25-27-18-9-5-6-10-19(18)30(21)25)20(32-22(31)8-4-2)15-29(24)17-13-11-16(26)12-14-17/h5-6,9-15H,3-4,7-8H2,1-2H3. The fraction of sp³-hybridized carbons (Fsp3) is 0.240. The molecule has 6 nitrogen and oxygen atoms in total. The molecule has 0 unspecified atom stereocenters. The second kappa shape index (κ2) is 8.07. The average Bonchev–Trinajstić information content (AvgIpc) is 3.33. The van der Waals surface area contributed by atoms with Crippen molar-refractivity contribution in [1.29, 1.82) is 0 Å². The SMILES string of the molecule is CCCC(=O)Oc1cn(-c2ccc(F)cc2)c2nc(CCC)n3c4ccccc4nc3c12. The van der Waals surface area contributed by atoms with Gasteiger partial charge in [-0.05, 0) is 49.2 Å². The fourth-order valence-corrected chi connectivity index (χ4v) is 4.07. The summed E-state index contributed by atoms with van der Waals surface area (Å²) in [6, 6.07) is 14.1. The third kappa shape index (κ3) is 3.30. The Balaban J connectivity index is 1.87. The monoisotopic (exact) mass is 430 g/mol. The molecule has 7 heteroatoms. The Kier molecular flexibility index (Phi) is 5.09. The molecule has 5 rings (SSSR count). The van der Waals surface area contributed by atoms with Gasteiger partial charge in [-0.15, -0.1) is 0 Å². The zero-order valence-electron chi connectivity index (χ0n) is 18.0. The van der Waals surface area contributed by atoms with Crippen molar-refractivity contribution in [3.05, 3.63) is 66.4 Å². The van der Waals surface area contributed by atoms with E-state index in [1.165, 1.54) is 12.1 Å². The molecule has 0 atom stereocenters. The van der Waals surface area contributed by atoms with Crippen LogP contribution in [0.15, 0.2) is 54.7 Å². The molecule has 32 heavy (non-hydrogen) atoms. The van der Waals surface area contributed by atoms with Crippen molar-refractivity contribution in [3.63, 3.8) is 0 Å². The number of fused-ring (bicyclic) bond motifs is 5. The highest BCUT2D eigenvalue weighted by Crippen LogP contribution is 2.35. The second-order valence-electron chi connectivity index (χ2n) is 7.80. The lowest BCUT2D eigenvalue weighted by Crippen LogP contribution is -2.07. The lowest BCUT2D eigenvalue weighted by atomic mass is 10.2. The Morgan fingerprint density at radius 3 is 2.53 bits per heavy atom. The minimum Gasteiger partial charge on any atom is -0.424 e.